The highest BCUT2D eigenvalue weighted by atomic mass is 19.1. The van der Waals surface area contributed by atoms with Gasteiger partial charge in [0, 0.05) is 11.8 Å². The number of amides is 2. The number of hydrogen-bond acceptors (Lipinski definition) is 3. The number of rotatable bonds is 3. The van der Waals surface area contributed by atoms with E-state index in [1.54, 1.807) is 30.5 Å². The molecule has 0 aliphatic rings. The number of aromatic amines is 2. The van der Waals surface area contributed by atoms with Gasteiger partial charge in [0.1, 0.15) is 17.2 Å². The van der Waals surface area contributed by atoms with Crippen LogP contribution >= 0.6 is 0 Å². The van der Waals surface area contributed by atoms with E-state index < -0.39 is 11.8 Å². The molecule has 0 aliphatic heterocycles. The fourth-order valence-electron chi connectivity index (χ4n) is 1.93. The maximum atomic E-state index is 12.9. The number of hydrazine groups is 1. The van der Waals surface area contributed by atoms with Gasteiger partial charge < -0.3 is 4.98 Å². The summed E-state index contributed by atoms with van der Waals surface area (Å²) in [5.74, 6) is -1.37. The van der Waals surface area contributed by atoms with Gasteiger partial charge in [-0.2, -0.15) is 5.10 Å². The van der Waals surface area contributed by atoms with Crippen LogP contribution in [0.25, 0.3) is 11.3 Å². The van der Waals surface area contributed by atoms with Crippen molar-refractivity contribution in [2.45, 2.75) is 0 Å². The molecule has 0 aliphatic carbocycles. The van der Waals surface area contributed by atoms with Crippen molar-refractivity contribution in [3.05, 3.63) is 65.9 Å². The number of nitrogens with zero attached hydrogens (tertiary/aromatic N) is 1. The second-order valence-corrected chi connectivity index (χ2v) is 4.67. The number of halogens is 1. The van der Waals surface area contributed by atoms with Crippen LogP contribution in [-0.2, 0) is 0 Å². The van der Waals surface area contributed by atoms with Crippen LogP contribution in [0.5, 0.6) is 0 Å². The Morgan fingerprint density at radius 1 is 1.00 bits per heavy atom. The first-order valence-electron chi connectivity index (χ1n) is 6.69. The van der Waals surface area contributed by atoms with Crippen molar-refractivity contribution >= 4 is 11.8 Å². The van der Waals surface area contributed by atoms with Crippen molar-refractivity contribution in [3.8, 4) is 11.3 Å². The van der Waals surface area contributed by atoms with E-state index in [0.717, 1.165) is 0 Å². The maximum Gasteiger partial charge on any atom is 0.287 e. The molecule has 2 aromatic heterocycles. The molecule has 3 rings (SSSR count). The van der Waals surface area contributed by atoms with Crippen LogP contribution in [0, 0.1) is 5.82 Å². The Morgan fingerprint density at radius 3 is 2.35 bits per heavy atom. The summed E-state index contributed by atoms with van der Waals surface area (Å²) in [4.78, 5) is 26.3. The van der Waals surface area contributed by atoms with Gasteiger partial charge >= 0.3 is 0 Å². The Hall–Kier alpha value is -3.42. The molecular weight excluding hydrogens is 301 g/mol. The Kier molecular flexibility index (Phi) is 3.88. The van der Waals surface area contributed by atoms with Gasteiger partial charge in [-0.1, -0.05) is 0 Å². The van der Waals surface area contributed by atoms with Crippen LogP contribution in [0.1, 0.15) is 21.0 Å². The largest absolute Gasteiger partial charge is 0.357 e. The number of carbonyl (C=O) groups excluding carboxylic acids is 2. The minimum atomic E-state index is -0.550. The Morgan fingerprint density at radius 2 is 1.70 bits per heavy atom. The first kappa shape index (κ1) is 14.5. The molecule has 0 unspecified atom stereocenters. The molecule has 2 heterocycles. The molecular formula is C15H12FN5O2. The lowest BCUT2D eigenvalue weighted by Crippen LogP contribution is -2.41. The monoisotopic (exact) mass is 313 g/mol. The fourth-order valence-corrected chi connectivity index (χ4v) is 1.93. The highest BCUT2D eigenvalue weighted by Gasteiger charge is 2.13. The summed E-state index contributed by atoms with van der Waals surface area (Å²) in [5.41, 5.74) is 6.18. The van der Waals surface area contributed by atoms with Gasteiger partial charge in [-0.3, -0.25) is 25.5 Å². The van der Waals surface area contributed by atoms with Crippen LogP contribution in [0.2, 0.25) is 0 Å². The van der Waals surface area contributed by atoms with E-state index in [1.165, 1.54) is 18.2 Å². The summed E-state index contributed by atoms with van der Waals surface area (Å²) in [6.45, 7) is 0. The van der Waals surface area contributed by atoms with Crippen molar-refractivity contribution in [1.29, 1.82) is 0 Å². The van der Waals surface area contributed by atoms with E-state index in [2.05, 4.69) is 26.0 Å². The molecule has 0 radical (unpaired) electrons. The van der Waals surface area contributed by atoms with Crippen molar-refractivity contribution in [3.63, 3.8) is 0 Å². The first-order chi connectivity index (χ1) is 11.1. The standard InChI is InChI=1S/C15H12FN5O2/c16-10-5-3-9(4-6-10)12-8-13(19-18-12)15(23)21-20-14(22)11-2-1-7-17-11/h1-8,17H,(H,18,19)(H,20,22)(H,21,23). The number of carbonyl (C=O) groups is 2. The number of H-pyrrole nitrogens is 2. The average Bonchev–Trinajstić information content (AvgIpc) is 3.24. The molecule has 0 saturated carbocycles. The number of aromatic nitrogens is 3. The second kappa shape index (κ2) is 6.14. The predicted molar refractivity (Wildman–Crippen MR) is 79.7 cm³/mol. The third-order valence-electron chi connectivity index (χ3n) is 3.09. The lowest BCUT2D eigenvalue weighted by molar-refractivity contribution is 0.0841. The summed E-state index contributed by atoms with van der Waals surface area (Å²) in [5, 5.41) is 6.55. The van der Waals surface area contributed by atoms with Crippen molar-refractivity contribution in [2.24, 2.45) is 0 Å². The maximum absolute atomic E-state index is 12.9. The summed E-state index contributed by atoms with van der Waals surface area (Å²) >= 11 is 0. The van der Waals surface area contributed by atoms with E-state index in [0.29, 0.717) is 17.0 Å². The highest BCUT2D eigenvalue weighted by molar-refractivity contribution is 5.97. The molecule has 0 spiro atoms. The zero-order valence-corrected chi connectivity index (χ0v) is 11.8. The molecule has 0 bridgehead atoms. The van der Waals surface area contributed by atoms with Crippen molar-refractivity contribution in [1.82, 2.24) is 26.0 Å². The third-order valence-corrected chi connectivity index (χ3v) is 3.09. The number of nitrogens with one attached hydrogen (secondary N) is 4. The smallest absolute Gasteiger partial charge is 0.287 e. The molecule has 23 heavy (non-hydrogen) atoms. The topological polar surface area (TPSA) is 103 Å². The molecule has 116 valence electrons. The molecule has 0 atom stereocenters. The Balaban J connectivity index is 1.64. The van der Waals surface area contributed by atoms with E-state index in [9.17, 15) is 14.0 Å². The van der Waals surface area contributed by atoms with Crippen LogP contribution in [0.4, 0.5) is 4.39 Å². The lowest BCUT2D eigenvalue weighted by Gasteiger charge is -2.04. The number of benzene rings is 1. The molecule has 1 aromatic carbocycles. The van der Waals surface area contributed by atoms with Gasteiger partial charge in [-0.15, -0.1) is 0 Å². The Labute approximate surface area is 129 Å². The van der Waals surface area contributed by atoms with E-state index in [-0.39, 0.29) is 11.5 Å². The Bertz CT molecular complexity index is 824. The van der Waals surface area contributed by atoms with Gasteiger partial charge in [-0.25, -0.2) is 4.39 Å². The quantitative estimate of drug-likeness (QED) is 0.552. The molecule has 0 saturated heterocycles. The zero-order valence-electron chi connectivity index (χ0n) is 11.8. The second-order valence-electron chi connectivity index (χ2n) is 4.67. The van der Waals surface area contributed by atoms with Gasteiger partial charge in [0.2, 0.25) is 0 Å². The zero-order chi connectivity index (χ0) is 16.2. The SMILES string of the molecule is O=C(NNC(=O)c1cc(-c2ccc(F)cc2)n[nH]1)c1ccc[nH]1. The minimum absolute atomic E-state index is 0.163. The van der Waals surface area contributed by atoms with Crippen LogP contribution in [-0.4, -0.2) is 27.0 Å². The van der Waals surface area contributed by atoms with Gasteiger partial charge in [0.05, 0.1) is 5.69 Å². The molecule has 4 N–H and O–H groups in total. The molecule has 0 fully saturated rings. The summed E-state index contributed by atoms with van der Waals surface area (Å²) < 4.78 is 12.9. The van der Waals surface area contributed by atoms with Crippen molar-refractivity contribution < 1.29 is 14.0 Å². The normalized spacial score (nSPS) is 10.3. The lowest BCUT2D eigenvalue weighted by atomic mass is 10.1. The van der Waals surface area contributed by atoms with Crippen LogP contribution in [0.15, 0.2) is 48.7 Å². The van der Waals surface area contributed by atoms with Gasteiger partial charge in [-0.05, 0) is 42.5 Å². The van der Waals surface area contributed by atoms with E-state index in [1.807, 2.05) is 0 Å². The molecule has 3 aromatic rings. The van der Waals surface area contributed by atoms with E-state index in [4.69, 9.17) is 0 Å². The van der Waals surface area contributed by atoms with E-state index >= 15 is 0 Å². The molecule has 2 amide bonds. The number of hydrogen-bond donors (Lipinski definition) is 4. The third kappa shape index (κ3) is 3.26. The fraction of sp³-hybridized carbons (Fsp3) is 0. The van der Waals surface area contributed by atoms with Crippen LogP contribution in [0.3, 0.4) is 0 Å². The molecule has 8 heteroatoms. The summed E-state index contributed by atoms with van der Waals surface area (Å²) in [7, 11) is 0. The first-order valence-corrected chi connectivity index (χ1v) is 6.69. The van der Waals surface area contributed by atoms with Crippen LogP contribution < -0.4 is 10.9 Å². The summed E-state index contributed by atoms with van der Waals surface area (Å²) in [6, 6.07) is 10.5. The highest BCUT2D eigenvalue weighted by Crippen LogP contribution is 2.17. The van der Waals surface area contributed by atoms with Gasteiger partial charge in [0.15, 0.2) is 0 Å². The van der Waals surface area contributed by atoms with Gasteiger partial charge in [0.25, 0.3) is 11.8 Å². The average molecular weight is 313 g/mol. The minimum Gasteiger partial charge on any atom is -0.357 e. The van der Waals surface area contributed by atoms with Crippen molar-refractivity contribution in [2.75, 3.05) is 0 Å². The summed E-state index contributed by atoms with van der Waals surface area (Å²) in [6.07, 6.45) is 1.60. The predicted octanol–water partition coefficient (Wildman–Crippen LogP) is 1.62. The molecule has 7 nitrogen and oxygen atoms in total.